The maximum Gasteiger partial charge on any atom is 0.275 e. The Hall–Kier alpha value is -1.05. The van der Waals surface area contributed by atoms with Crippen LogP contribution in [0.4, 0.5) is 0 Å². The minimum atomic E-state index is -0.0473. The Morgan fingerprint density at radius 1 is 1.59 bits per heavy atom. The summed E-state index contributed by atoms with van der Waals surface area (Å²) in [6.07, 6.45) is 0. The molecular weight excluding hydrogens is 238 g/mol. The van der Waals surface area contributed by atoms with E-state index in [-0.39, 0.29) is 5.91 Å². The van der Waals surface area contributed by atoms with Crippen molar-refractivity contribution in [2.45, 2.75) is 0 Å². The van der Waals surface area contributed by atoms with Crippen molar-refractivity contribution < 1.29 is 4.79 Å². The molecule has 94 valence electrons. The predicted molar refractivity (Wildman–Crippen MR) is 66.2 cm³/mol. The number of rotatable bonds is 4. The van der Waals surface area contributed by atoms with E-state index in [1.807, 2.05) is 7.05 Å². The molecular formula is C10H17N5OS. The number of hydrogen-bond acceptors (Lipinski definition) is 6. The minimum Gasteiger partial charge on any atom is -0.339 e. The minimum absolute atomic E-state index is 0.0473. The van der Waals surface area contributed by atoms with E-state index in [1.165, 1.54) is 11.5 Å². The lowest BCUT2D eigenvalue weighted by Crippen LogP contribution is -2.46. The summed E-state index contributed by atoms with van der Waals surface area (Å²) in [4.78, 5) is 15.9. The van der Waals surface area contributed by atoms with E-state index in [9.17, 15) is 4.79 Å². The molecule has 0 unspecified atom stereocenters. The van der Waals surface area contributed by atoms with Crippen LogP contribution in [0.1, 0.15) is 10.5 Å². The van der Waals surface area contributed by atoms with Gasteiger partial charge in [-0.05, 0) is 11.5 Å². The molecule has 0 spiro atoms. The summed E-state index contributed by atoms with van der Waals surface area (Å²) in [5.41, 5.74) is 0.442. The summed E-state index contributed by atoms with van der Waals surface area (Å²) in [6.45, 7) is 5.83. The van der Waals surface area contributed by atoms with E-state index < -0.39 is 0 Å². The van der Waals surface area contributed by atoms with Crippen LogP contribution in [-0.4, -0.2) is 71.6 Å². The number of piperazine rings is 1. The van der Waals surface area contributed by atoms with Crippen molar-refractivity contribution in [1.29, 1.82) is 0 Å². The van der Waals surface area contributed by atoms with Crippen LogP contribution in [0.2, 0.25) is 0 Å². The fraction of sp³-hybridized carbons (Fsp3) is 0.700. The van der Waals surface area contributed by atoms with Crippen molar-refractivity contribution in [3.63, 3.8) is 0 Å². The van der Waals surface area contributed by atoms with Gasteiger partial charge in [0.1, 0.15) is 0 Å². The van der Waals surface area contributed by atoms with Crippen molar-refractivity contribution in [1.82, 2.24) is 24.7 Å². The van der Waals surface area contributed by atoms with Crippen molar-refractivity contribution in [2.24, 2.45) is 0 Å². The van der Waals surface area contributed by atoms with E-state index >= 15 is 0 Å². The lowest BCUT2D eigenvalue weighted by atomic mass is 10.3. The second kappa shape index (κ2) is 6.04. The summed E-state index contributed by atoms with van der Waals surface area (Å²) >= 11 is 1.20. The van der Waals surface area contributed by atoms with Crippen molar-refractivity contribution in [2.75, 3.05) is 46.3 Å². The van der Waals surface area contributed by atoms with E-state index in [0.717, 1.165) is 39.3 Å². The predicted octanol–water partition coefficient (Wildman–Crippen LogP) is -0.485. The lowest BCUT2D eigenvalue weighted by Gasteiger charge is -2.28. The van der Waals surface area contributed by atoms with Gasteiger partial charge >= 0.3 is 0 Å². The van der Waals surface area contributed by atoms with Crippen LogP contribution in [0.25, 0.3) is 0 Å². The zero-order chi connectivity index (χ0) is 12.1. The normalized spacial score (nSPS) is 17.0. The van der Waals surface area contributed by atoms with E-state index in [0.29, 0.717) is 5.69 Å². The third-order valence-electron chi connectivity index (χ3n) is 2.89. The van der Waals surface area contributed by atoms with Gasteiger partial charge in [-0.15, -0.1) is 5.10 Å². The molecule has 2 rings (SSSR count). The first kappa shape index (κ1) is 12.4. The third-order valence-corrected chi connectivity index (χ3v) is 3.39. The molecule has 1 aliphatic rings. The zero-order valence-corrected chi connectivity index (χ0v) is 10.7. The van der Waals surface area contributed by atoms with Crippen LogP contribution in [0, 0.1) is 0 Å². The van der Waals surface area contributed by atoms with Gasteiger partial charge in [0.05, 0.1) is 0 Å². The standard InChI is InChI=1S/C10H17N5OS/c1-14(10(16)9-8-17-13-12-9)6-7-15-4-2-11-3-5-15/h8,11H,2-7H2,1H3. The first-order valence-electron chi connectivity index (χ1n) is 5.73. The van der Waals surface area contributed by atoms with Crippen LogP contribution in [-0.2, 0) is 0 Å². The molecule has 2 heterocycles. The monoisotopic (exact) mass is 255 g/mol. The van der Waals surface area contributed by atoms with Gasteiger partial charge < -0.3 is 10.2 Å². The molecule has 1 N–H and O–H groups in total. The largest absolute Gasteiger partial charge is 0.339 e. The van der Waals surface area contributed by atoms with Gasteiger partial charge in [0, 0.05) is 51.7 Å². The number of nitrogens with one attached hydrogen (secondary N) is 1. The summed E-state index contributed by atoms with van der Waals surface area (Å²) in [6, 6.07) is 0. The van der Waals surface area contributed by atoms with Crippen LogP contribution in [0.5, 0.6) is 0 Å². The fourth-order valence-electron chi connectivity index (χ4n) is 1.78. The molecule has 0 bridgehead atoms. The Morgan fingerprint density at radius 3 is 3.00 bits per heavy atom. The van der Waals surface area contributed by atoms with Crippen LogP contribution < -0.4 is 5.32 Å². The van der Waals surface area contributed by atoms with Gasteiger partial charge in [0.25, 0.3) is 5.91 Å². The number of nitrogens with zero attached hydrogens (tertiary/aromatic N) is 4. The highest BCUT2D eigenvalue weighted by Crippen LogP contribution is 2.02. The molecule has 7 heteroatoms. The van der Waals surface area contributed by atoms with Crippen molar-refractivity contribution >= 4 is 17.4 Å². The zero-order valence-electron chi connectivity index (χ0n) is 9.93. The first-order valence-corrected chi connectivity index (χ1v) is 6.56. The number of carbonyl (C=O) groups is 1. The summed E-state index contributed by atoms with van der Waals surface area (Å²) in [5, 5.41) is 8.78. The molecule has 1 aliphatic heterocycles. The number of likely N-dealkylation sites (N-methyl/N-ethyl adjacent to an activating group) is 1. The molecule has 0 aliphatic carbocycles. The highest BCUT2D eigenvalue weighted by atomic mass is 32.1. The highest BCUT2D eigenvalue weighted by Gasteiger charge is 2.16. The number of amides is 1. The third kappa shape index (κ3) is 3.45. The number of hydrogen-bond donors (Lipinski definition) is 1. The molecule has 17 heavy (non-hydrogen) atoms. The van der Waals surface area contributed by atoms with Gasteiger partial charge in [-0.2, -0.15) is 0 Å². The Morgan fingerprint density at radius 2 is 2.35 bits per heavy atom. The SMILES string of the molecule is CN(CCN1CCNCC1)C(=O)c1csnn1. The van der Waals surface area contributed by atoms with Crippen LogP contribution in [0.3, 0.4) is 0 Å². The topological polar surface area (TPSA) is 61.4 Å². The quantitative estimate of drug-likeness (QED) is 0.787. The Kier molecular flexibility index (Phi) is 4.41. The molecule has 1 aromatic rings. The smallest absolute Gasteiger partial charge is 0.275 e. The Labute approximate surface area is 105 Å². The van der Waals surface area contributed by atoms with Crippen molar-refractivity contribution in [3.05, 3.63) is 11.1 Å². The fourth-order valence-corrected chi connectivity index (χ4v) is 2.21. The molecule has 1 amide bonds. The van der Waals surface area contributed by atoms with Gasteiger partial charge in [-0.3, -0.25) is 9.69 Å². The lowest BCUT2D eigenvalue weighted by molar-refractivity contribution is 0.0769. The first-order chi connectivity index (χ1) is 8.27. The van der Waals surface area contributed by atoms with Gasteiger partial charge in [-0.25, -0.2) is 0 Å². The maximum absolute atomic E-state index is 11.9. The van der Waals surface area contributed by atoms with Gasteiger partial charge in [0.15, 0.2) is 5.69 Å². The van der Waals surface area contributed by atoms with Gasteiger partial charge in [-0.1, -0.05) is 4.49 Å². The molecule has 0 radical (unpaired) electrons. The molecule has 6 nitrogen and oxygen atoms in total. The van der Waals surface area contributed by atoms with Gasteiger partial charge in [0.2, 0.25) is 0 Å². The summed E-state index contributed by atoms with van der Waals surface area (Å²) in [7, 11) is 1.81. The molecule has 1 saturated heterocycles. The molecule has 0 saturated carbocycles. The molecule has 0 aromatic carbocycles. The highest BCUT2D eigenvalue weighted by molar-refractivity contribution is 7.03. The maximum atomic E-state index is 11.9. The summed E-state index contributed by atoms with van der Waals surface area (Å²) in [5.74, 6) is -0.0473. The van der Waals surface area contributed by atoms with E-state index in [1.54, 1.807) is 10.3 Å². The molecule has 0 atom stereocenters. The number of carbonyl (C=O) groups excluding carboxylic acids is 1. The summed E-state index contributed by atoms with van der Waals surface area (Å²) < 4.78 is 3.70. The van der Waals surface area contributed by atoms with E-state index in [4.69, 9.17) is 0 Å². The molecule has 1 aromatic heterocycles. The van der Waals surface area contributed by atoms with Crippen molar-refractivity contribution in [3.8, 4) is 0 Å². The number of aromatic nitrogens is 2. The second-order valence-corrected chi connectivity index (χ2v) is 4.72. The second-order valence-electron chi connectivity index (χ2n) is 4.11. The van der Waals surface area contributed by atoms with Crippen LogP contribution in [0.15, 0.2) is 5.38 Å². The Balaban J connectivity index is 1.76. The average Bonchev–Trinajstić information content (AvgIpc) is 2.90. The Bertz CT molecular complexity index is 350. The average molecular weight is 255 g/mol. The molecule has 1 fully saturated rings. The van der Waals surface area contributed by atoms with Crippen LogP contribution >= 0.6 is 11.5 Å². The van der Waals surface area contributed by atoms with E-state index in [2.05, 4.69) is 19.8 Å².